The monoisotopic (exact) mass is 523 g/mol. The molecule has 2 aliphatic rings. The maximum atomic E-state index is 5.91. The zero-order valence-corrected chi connectivity index (χ0v) is 23.1. The largest absolute Gasteiger partial charge is 0.381 e. The average Bonchev–Trinajstić information content (AvgIpc) is 3.43. The first-order valence-electron chi connectivity index (χ1n) is 13.6. The Hall–Kier alpha value is -2.34. The standard InChI is InChI=1S/C33H35NOP2/c1-5-13-27(14-6-1)32-21-22-33(28-15-7-2-8-16-28)37(32)34(29-23-25-35-26-24-29)36(30-17-9-3-10-18-30)31-19-11-4-12-20-31/h1-20,29,32-33H,21-26H2/t32-,33?,37?/m1/s1. The van der Waals surface area contributed by atoms with E-state index in [9.17, 15) is 0 Å². The highest BCUT2D eigenvalue weighted by molar-refractivity contribution is 7.79. The lowest BCUT2D eigenvalue weighted by Crippen LogP contribution is -2.38. The first-order valence-corrected chi connectivity index (χ1v) is 16.3. The molecular weight excluding hydrogens is 488 g/mol. The Kier molecular flexibility index (Phi) is 8.11. The first kappa shape index (κ1) is 25.0. The number of benzene rings is 4. The summed E-state index contributed by atoms with van der Waals surface area (Å²) in [5.74, 6) is 0. The zero-order valence-electron chi connectivity index (χ0n) is 21.3. The molecule has 4 aromatic carbocycles. The van der Waals surface area contributed by atoms with Gasteiger partial charge in [0.25, 0.3) is 0 Å². The second kappa shape index (κ2) is 12.0. The Bertz CT molecular complexity index is 1150. The summed E-state index contributed by atoms with van der Waals surface area (Å²) < 4.78 is 8.98. The van der Waals surface area contributed by atoms with Crippen LogP contribution in [0.1, 0.15) is 48.1 Å². The fourth-order valence-electron chi connectivity index (χ4n) is 5.97. The topological polar surface area (TPSA) is 12.5 Å². The Labute approximate surface area is 224 Å². The molecule has 2 aliphatic heterocycles. The molecule has 0 radical (unpaired) electrons. The maximum absolute atomic E-state index is 5.91. The summed E-state index contributed by atoms with van der Waals surface area (Å²) in [7, 11) is -1.17. The van der Waals surface area contributed by atoms with Crippen molar-refractivity contribution in [1.82, 2.24) is 4.44 Å². The van der Waals surface area contributed by atoms with Crippen molar-refractivity contribution in [2.75, 3.05) is 13.2 Å². The highest BCUT2D eigenvalue weighted by Gasteiger charge is 2.46. The normalized spacial score (nSPS) is 22.5. The lowest BCUT2D eigenvalue weighted by atomic mass is 10.0. The summed E-state index contributed by atoms with van der Waals surface area (Å²) in [6.45, 7) is 1.73. The molecule has 2 heterocycles. The molecule has 2 fully saturated rings. The molecule has 188 valence electrons. The summed E-state index contributed by atoms with van der Waals surface area (Å²) >= 11 is 0. The lowest BCUT2D eigenvalue weighted by molar-refractivity contribution is 0.0725. The first-order chi connectivity index (χ1) is 18.4. The molecule has 0 saturated carbocycles. The van der Waals surface area contributed by atoms with Crippen LogP contribution in [-0.2, 0) is 4.74 Å². The van der Waals surface area contributed by atoms with Crippen LogP contribution in [0.2, 0.25) is 0 Å². The van der Waals surface area contributed by atoms with Gasteiger partial charge in [-0.1, -0.05) is 121 Å². The molecule has 3 atom stereocenters. The van der Waals surface area contributed by atoms with Gasteiger partial charge in [-0.25, -0.2) is 4.44 Å². The number of hydrogen-bond donors (Lipinski definition) is 0. The molecule has 4 aromatic rings. The van der Waals surface area contributed by atoms with E-state index >= 15 is 0 Å². The molecular formula is C33H35NOP2. The number of nitrogens with zero attached hydrogens (tertiary/aromatic N) is 1. The Morgan fingerprint density at radius 2 is 0.946 bits per heavy atom. The van der Waals surface area contributed by atoms with Gasteiger partial charge in [-0.3, -0.25) is 0 Å². The second-order valence-electron chi connectivity index (χ2n) is 9.96. The summed E-state index contributed by atoms with van der Waals surface area (Å²) in [4.78, 5) is 0. The molecule has 0 aliphatic carbocycles. The van der Waals surface area contributed by atoms with E-state index in [0.717, 1.165) is 26.1 Å². The molecule has 0 spiro atoms. The van der Waals surface area contributed by atoms with Gasteiger partial charge < -0.3 is 4.74 Å². The van der Waals surface area contributed by atoms with Crippen molar-refractivity contribution in [3.05, 3.63) is 132 Å². The fourth-order valence-corrected chi connectivity index (χ4v) is 13.8. The van der Waals surface area contributed by atoms with Crippen molar-refractivity contribution in [2.24, 2.45) is 0 Å². The predicted molar refractivity (Wildman–Crippen MR) is 159 cm³/mol. The van der Waals surface area contributed by atoms with Crippen LogP contribution in [0, 0.1) is 0 Å². The molecule has 4 heteroatoms. The molecule has 37 heavy (non-hydrogen) atoms. The van der Waals surface area contributed by atoms with Gasteiger partial charge >= 0.3 is 0 Å². The van der Waals surface area contributed by atoms with E-state index < -0.39 is 16.1 Å². The second-order valence-corrected chi connectivity index (χ2v) is 14.8. The number of ether oxygens (including phenoxy) is 1. The van der Waals surface area contributed by atoms with Crippen molar-refractivity contribution < 1.29 is 4.74 Å². The van der Waals surface area contributed by atoms with E-state index in [-0.39, 0.29) is 0 Å². The summed E-state index contributed by atoms with van der Waals surface area (Å²) in [5.41, 5.74) is 4.17. The van der Waals surface area contributed by atoms with Crippen LogP contribution < -0.4 is 10.6 Å². The van der Waals surface area contributed by atoms with Gasteiger partial charge in [0.15, 0.2) is 0 Å². The highest BCUT2D eigenvalue weighted by Crippen LogP contribution is 2.77. The van der Waals surface area contributed by atoms with Gasteiger partial charge in [0.2, 0.25) is 0 Å². The van der Waals surface area contributed by atoms with Crippen LogP contribution >= 0.6 is 16.1 Å². The van der Waals surface area contributed by atoms with Gasteiger partial charge in [0.05, 0.1) is 0 Å². The maximum Gasteiger partial charge on any atom is 0.0481 e. The summed E-state index contributed by atoms with van der Waals surface area (Å²) in [5, 5.41) is 2.92. The van der Waals surface area contributed by atoms with Crippen molar-refractivity contribution in [3.8, 4) is 0 Å². The number of hydrogen-bond acceptors (Lipinski definition) is 2. The Morgan fingerprint density at radius 3 is 1.38 bits per heavy atom. The molecule has 0 N–H and O–H groups in total. The van der Waals surface area contributed by atoms with Crippen molar-refractivity contribution >= 4 is 26.8 Å². The predicted octanol–water partition coefficient (Wildman–Crippen LogP) is 8.19. The third kappa shape index (κ3) is 5.45. The van der Waals surface area contributed by atoms with E-state index in [1.807, 2.05) is 0 Å². The van der Waals surface area contributed by atoms with Crippen LogP contribution in [0.4, 0.5) is 0 Å². The van der Waals surface area contributed by atoms with Crippen molar-refractivity contribution in [2.45, 2.75) is 43.0 Å². The Morgan fingerprint density at radius 1 is 0.541 bits per heavy atom. The van der Waals surface area contributed by atoms with Crippen molar-refractivity contribution in [1.29, 1.82) is 0 Å². The molecule has 0 bridgehead atoms. The third-order valence-electron chi connectivity index (χ3n) is 7.68. The highest BCUT2D eigenvalue weighted by atomic mass is 31.2. The minimum absolute atomic E-state index is 0.491. The molecule has 0 amide bonds. The number of rotatable bonds is 7. The smallest absolute Gasteiger partial charge is 0.0481 e. The molecule has 2 saturated heterocycles. The lowest BCUT2D eigenvalue weighted by Gasteiger charge is -2.47. The molecule has 2 nitrogen and oxygen atoms in total. The van der Waals surface area contributed by atoms with Gasteiger partial charge in [0, 0.05) is 38.6 Å². The fraction of sp³-hybridized carbons (Fsp3) is 0.273. The Balaban J connectivity index is 1.54. The van der Waals surface area contributed by atoms with Crippen molar-refractivity contribution in [3.63, 3.8) is 0 Å². The van der Waals surface area contributed by atoms with Crippen LogP contribution in [0.5, 0.6) is 0 Å². The van der Waals surface area contributed by atoms with E-state index in [1.54, 1.807) is 0 Å². The van der Waals surface area contributed by atoms with Gasteiger partial charge in [-0.2, -0.15) is 0 Å². The van der Waals surface area contributed by atoms with Gasteiger partial charge in [-0.15, -0.1) is 0 Å². The summed E-state index contributed by atoms with van der Waals surface area (Å²) in [6.07, 6.45) is 4.73. The third-order valence-corrected chi connectivity index (χ3v) is 14.3. The SMILES string of the molecule is c1ccc(C2CC[C@H](c3ccccc3)P2N(C2CCOCC2)P(c2ccccc2)c2ccccc2)cc1. The van der Waals surface area contributed by atoms with Crippen LogP contribution in [0.25, 0.3) is 0 Å². The summed E-state index contributed by atoms with van der Waals surface area (Å²) in [6, 6.07) is 45.9. The zero-order chi connectivity index (χ0) is 24.9. The van der Waals surface area contributed by atoms with E-state index in [4.69, 9.17) is 4.74 Å². The van der Waals surface area contributed by atoms with Gasteiger partial charge in [0.1, 0.15) is 0 Å². The van der Waals surface area contributed by atoms with E-state index in [2.05, 4.69) is 126 Å². The quantitative estimate of drug-likeness (QED) is 0.227. The van der Waals surface area contributed by atoms with E-state index in [1.165, 1.54) is 34.6 Å². The molecule has 2 unspecified atom stereocenters. The average molecular weight is 524 g/mol. The van der Waals surface area contributed by atoms with Crippen LogP contribution in [-0.4, -0.2) is 23.7 Å². The van der Waals surface area contributed by atoms with Crippen LogP contribution in [0.3, 0.4) is 0 Å². The minimum Gasteiger partial charge on any atom is -0.381 e. The van der Waals surface area contributed by atoms with E-state index in [0.29, 0.717) is 17.4 Å². The molecule has 6 rings (SSSR count). The van der Waals surface area contributed by atoms with Gasteiger partial charge in [-0.05, 0) is 55.5 Å². The molecule has 0 aromatic heterocycles. The van der Waals surface area contributed by atoms with Crippen LogP contribution in [0.15, 0.2) is 121 Å². The minimum atomic E-state index is -0.676.